The molecular weight excluding hydrogens is 533 g/mol. The minimum absolute atomic E-state index is 0.0108. The van der Waals surface area contributed by atoms with Gasteiger partial charge in [0, 0.05) is 54.5 Å². The number of benzene rings is 2. The molecule has 1 aromatic heterocycles. The van der Waals surface area contributed by atoms with E-state index in [1.807, 2.05) is 0 Å². The molecule has 1 atom stereocenters. The number of carbonyl (C=O) groups excluding carboxylic acids is 1. The van der Waals surface area contributed by atoms with Gasteiger partial charge in [0.1, 0.15) is 11.6 Å². The van der Waals surface area contributed by atoms with Crippen molar-refractivity contribution in [2.45, 2.75) is 37.0 Å². The van der Waals surface area contributed by atoms with E-state index in [0.29, 0.717) is 16.7 Å². The molecule has 39 heavy (non-hydrogen) atoms. The van der Waals surface area contributed by atoms with Gasteiger partial charge in [-0.25, -0.2) is 27.2 Å². The van der Waals surface area contributed by atoms with Crippen molar-refractivity contribution in [2.24, 2.45) is 4.36 Å². The van der Waals surface area contributed by atoms with Crippen LogP contribution in [0.2, 0.25) is 0 Å². The lowest BCUT2D eigenvalue weighted by Gasteiger charge is -2.26. The summed E-state index contributed by atoms with van der Waals surface area (Å²) in [4.78, 5) is 30.9. The first-order chi connectivity index (χ1) is 18.4. The molecule has 0 radical (unpaired) electrons. The first-order valence-electron chi connectivity index (χ1n) is 12.1. The number of nitrogens with one attached hydrogen (secondary N) is 1. The fourth-order valence-electron chi connectivity index (χ4n) is 4.53. The van der Waals surface area contributed by atoms with Crippen LogP contribution in [0.4, 0.5) is 29.5 Å². The molecule has 206 valence electrons. The van der Waals surface area contributed by atoms with E-state index in [1.165, 1.54) is 54.9 Å². The third-order valence-electron chi connectivity index (χ3n) is 6.48. The maximum atomic E-state index is 14.1. The Morgan fingerprint density at radius 2 is 1.87 bits per heavy atom. The zero-order valence-electron chi connectivity index (χ0n) is 21.3. The molecule has 1 unspecified atom stereocenters. The van der Waals surface area contributed by atoms with E-state index in [9.17, 15) is 27.0 Å². The Balaban J connectivity index is 1.78. The Bertz CT molecular complexity index is 1550. The van der Waals surface area contributed by atoms with Crippen LogP contribution >= 0.6 is 0 Å². The number of amides is 2. The number of aromatic nitrogens is 1. The SMILES string of the molecule is Cc1c(-c2cccc(F)c2)cnc(N2CCCC(F)(F)CC2)c1C(=O)Nc1cccc(S(C)(=O)=NC(=O)O)c1. The van der Waals surface area contributed by atoms with Crippen molar-refractivity contribution in [3.63, 3.8) is 0 Å². The highest BCUT2D eigenvalue weighted by Crippen LogP contribution is 2.35. The van der Waals surface area contributed by atoms with E-state index in [1.54, 1.807) is 17.9 Å². The number of pyridine rings is 1. The fourth-order valence-corrected chi connectivity index (χ4v) is 5.61. The lowest BCUT2D eigenvalue weighted by molar-refractivity contribution is -0.0102. The summed E-state index contributed by atoms with van der Waals surface area (Å²) in [6.45, 7) is 1.93. The van der Waals surface area contributed by atoms with Gasteiger partial charge in [-0.05, 0) is 54.8 Å². The van der Waals surface area contributed by atoms with Crippen LogP contribution in [0.5, 0.6) is 0 Å². The normalized spacial score (nSPS) is 16.6. The molecule has 0 saturated carbocycles. The van der Waals surface area contributed by atoms with Crippen molar-refractivity contribution in [3.05, 3.63) is 71.7 Å². The molecule has 1 aliphatic rings. The first-order valence-corrected chi connectivity index (χ1v) is 14.0. The molecule has 0 spiro atoms. The van der Waals surface area contributed by atoms with Crippen LogP contribution in [0.3, 0.4) is 0 Å². The second-order valence-corrected chi connectivity index (χ2v) is 11.6. The zero-order valence-corrected chi connectivity index (χ0v) is 22.1. The van der Waals surface area contributed by atoms with E-state index >= 15 is 0 Å². The van der Waals surface area contributed by atoms with Crippen LogP contribution < -0.4 is 10.2 Å². The summed E-state index contributed by atoms with van der Waals surface area (Å²) in [5.74, 6) is -3.68. The molecule has 2 N–H and O–H groups in total. The molecule has 0 aliphatic carbocycles. The topological polar surface area (TPSA) is 112 Å². The van der Waals surface area contributed by atoms with Gasteiger partial charge in [0.15, 0.2) is 0 Å². The standard InChI is InChI=1S/C27H27F3N4O4S/c1-17-22(18-6-3-7-19(28)14-18)16-31-24(34-12-5-10-27(29,30)11-13-34)23(17)25(35)32-20-8-4-9-21(15-20)39(2,38)33-26(36)37/h3-4,6-9,14-16H,5,10-13H2,1-2H3,(H,32,35)(H,36,37). The zero-order chi connectivity index (χ0) is 28.4. The molecule has 4 rings (SSSR count). The minimum atomic E-state index is -3.28. The van der Waals surface area contributed by atoms with Crippen LogP contribution in [0.1, 0.15) is 35.2 Å². The lowest BCUT2D eigenvalue weighted by Crippen LogP contribution is -2.30. The molecule has 1 saturated heterocycles. The number of alkyl halides is 2. The molecule has 2 amide bonds. The van der Waals surface area contributed by atoms with Crippen molar-refractivity contribution in [2.75, 3.05) is 29.6 Å². The Labute approximate surface area is 224 Å². The van der Waals surface area contributed by atoms with Crippen LogP contribution in [0.25, 0.3) is 11.1 Å². The molecule has 12 heteroatoms. The van der Waals surface area contributed by atoms with Crippen LogP contribution in [0.15, 0.2) is 64.0 Å². The summed E-state index contributed by atoms with van der Waals surface area (Å²) in [5, 5.41) is 11.7. The lowest BCUT2D eigenvalue weighted by atomic mass is 9.97. The number of carbonyl (C=O) groups is 2. The fraction of sp³-hybridized carbons (Fsp3) is 0.296. The smallest absolute Gasteiger partial charge is 0.439 e. The van der Waals surface area contributed by atoms with Crippen LogP contribution in [-0.4, -0.2) is 51.6 Å². The highest BCUT2D eigenvalue weighted by atomic mass is 32.2. The van der Waals surface area contributed by atoms with Crippen molar-refractivity contribution < 1.29 is 32.1 Å². The summed E-state index contributed by atoms with van der Waals surface area (Å²) >= 11 is 0. The van der Waals surface area contributed by atoms with Gasteiger partial charge in [-0.2, -0.15) is 0 Å². The molecule has 1 aliphatic heterocycles. The maximum absolute atomic E-state index is 14.1. The summed E-state index contributed by atoms with van der Waals surface area (Å²) < 4.78 is 58.2. The van der Waals surface area contributed by atoms with E-state index in [4.69, 9.17) is 5.11 Å². The van der Waals surface area contributed by atoms with Crippen LogP contribution in [-0.2, 0) is 9.73 Å². The number of anilines is 2. The molecule has 2 aromatic carbocycles. The quantitative estimate of drug-likeness (QED) is 0.384. The average molecular weight is 561 g/mol. The highest BCUT2D eigenvalue weighted by molar-refractivity contribution is 7.93. The molecule has 8 nitrogen and oxygen atoms in total. The van der Waals surface area contributed by atoms with Gasteiger partial charge in [-0.15, -0.1) is 4.36 Å². The average Bonchev–Trinajstić information content (AvgIpc) is 3.03. The Morgan fingerprint density at radius 3 is 2.59 bits per heavy atom. The van der Waals surface area contributed by atoms with Crippen molar-refractivity contribution >= 4 is 33.2 Å². The Hall–Kier alpha value is -3.93. The monoisotopic (exact) mass is 560 g/mol. The minimum Gasteiger partial charge on any atom is -0.463 e. The molecule has 2 heterocycles. The first kappa shape index (κ1) is 28.1. The third kappa shape index (κ3) is 6.56. The third-order valence-corrected chi connectivity index (χ3v) is 8.11. The maximum Gasteiger partial charge on any atom is 0.439 e. The Morgan fingerprint density at radius 1 is 1.13 bits per heavy atom. The van der Waals surface area contributed by atoms with Gasteiger partial charge in [0.25, 0.3) is 5.91 Å². The van der Waals surface area contributed by atoms with Gasteiger partial charge in [0.2, 0.25) is 5.92 Å². The number of carboxylic acid groups (broad SMARTS) is 1. The molecule has 0 bridgehead atoms. The molecule has 3 aromatic rings. The number of rotatable bonds is 5. The highest BCUT2D eigenvalue weighted by Gasteiger charge is 2.33. The van der Waals surface area contributed by atoms with E-state index < -0.39 is 33.5 Å². The van der Waals surface area contributed by atoms with Gasteiger partial charge in [-0.3, -0.25) is 4.79 Å². The molecule has 1 fully saturated rings. The second kappa shape index (κ2) is 11.0. The van der Waals surface area contributed by atoms with Gasteiger partial charge in [0.05, 0.1) is 15.3 Å². The molecular formula is C27H27F3N4O4S. The number of hydrogen-bond acceptors (Lipinski definition) is 5. The summed E-state index contributed by atoms with van der Waals surface area (Å²) in [5.41, 5.74) is 1.80. The van der Waals surface area contributed by atoms with E-state index in [-0.39, 0.29) is 54.3 Å². The predicted octanol–water partition coefficient (Wildman–Crippen LogP) is 6.21. The van der Waals surface area contributed by atoms with E-state index in [0.717, 1.165) is 0 Å². The number of halogens is 3. The van der Waals surface area contributed by atoms with Crippen molar-refractivity contribution in [3.8, 4) is 11.1 Å². The predicted molar refractivity (Wildman–Crippen MR) is 143 cm³/mol. The number of hydrogen-bond donors (Lipinski definition) is 2. The van der Waals surface area contributed by atoms with Gasteiger partial charge < -0.3 is 15.3 Å². The summed E-state index contributed by atoms with van der Waals surface area (Å²) in [6, 6.07) is 11.6. The Kier molecular flexibility index (Phi) is 7.96. The van der Waals surface area contributed by atoms with Crippen molar-refractivity contribution in [1.82, 2.24) is 4.98 Å². The van der Waals surface area contributed by atoms with Crippen molar-refractivity contribution in [1.29, 1.82) is 0 Å². The van der Waals surface area contributed by atoms with Crippen LogP contribution in [0, 0.1) is 12.7 Å². The summed E-state index contributed by atoms with van der Waals surface area (Å²) in [6.07, 6.45) is 0.641. The van der Waals surface area contributed by atoms with Gasteiger partial charge >= 0.3 is 6.09 Å². The summed E-state index contributed by atoms with van der Waals surface area (Å²) in [7, 11) is -3.28. The largest absolute Gasteiger partial charge is 0.463 e. The van der Waals surface area contributed by atoms with E-state index in [2.05, 4.69) is 14.7 Å². The number of nitrogens with zero attached hydrogens (tertiary/aromatic N) is 3. The van der Waals surface area contributed by atoms with Gasteiger partial charge in [-0.1, -0.05) is 18.2 Å². The second-order valence-electron chi connectivity index (χ2n) is 9.36.